The number of fused-ring (bicyclic) bond motifs is 1. The summed E-state index contributed by atoms with van der Waals surface area (Å²) in [6.45, 7) is 1.96. The van der Waals surface area contributed by atoms with E-state index >= 15 is 0 Å². The van der Waals surface area contributed by atoms with Crippen molar-refractivity contribution < 1.29 is 4.92 Å². The van der Waals surface area contributed by atoms with Crippen LogP contribution in [0.2, 0.25) is 0 Å². The lowest BCUT2D eigenvalue weighted by Gasteiger charge is -2.07. The van der Waals surface area contributed by atoms with Crippen molar-refractivity contribution in [3.05, 3.63) is 46.5 Å². The molecule has 102 valence electrons. The molecule has 0 saturated carbocycles. The van der Waals surface area contributed by atoms with Crippen molar-refractivity contribution in [2.24, 2.45) is 0 Å². The number of nitrogens with one attached hydrogen (secondary N) is 1. The van der Waals surface area contributed by atoms with Crippen molar-refractivity contribution in [2.75, 3.05) is 5.43 Å². The van der Waals surface area contributed by atoms with Gasteiger partial charge in [-0.05, 0) is 19.1 Å². The summed E-state index contributed by atoms with van der Waals surface area (Å²) < 4.78 is 1.80. The van der Waals surface area contributed by atoms with Gasteiger partial charge in [-0.1, -0.05) is 23.9 Å². The lowest BCUT2D eigenvalue weighted by molar-refractivity contribution is -0.384. The highest BCUT2D eigenvalue weighted by Gasteiger charge is 2.25. The molecule has 0 saturated heterocycles. The first-order valence-electron chi connectivity index (χ1n) is 5.95. The topological polar surface area (TPSA) is 85.9 Å². The van der Waals surface area contributed by atoms with Crippen LogP contribution in [-0.2, 0) is 0 Å². The van der Waals surface area contributed by atoms with Crippen molar-refractivity contribution in [3.63, 3.8) is 0 Å². The molecule has 1 atom stereocenters. The minimum Gasteiger partial charge on any atom is -0.305 e. The van der Waals surface area contributed by atoms with Crippen LogP contribution in [0.3, 0.4) is 0 Å². The molecule has 0 spiro atoms. The molecular formula is C12H11N5O2S. The Morgan fingerprint density at radius 3 is 2.80 bits per heavy atom. The maximum atomic E-state index is 10.6. The Labute approximate surface area is 118 Å². The highest BCUT2D eigenvalue weighted by Crippen LogP contribution is 2.32. The van der Waals surface area contributed by atoms with E-state index < -0.39 is 4.92 Å². The molecule has 8 heteroatoms. The van der Waals surface area contributed by atoms with Crippen molar-refractivity contribution in [2.45, 2.75) is 17.5 Å². The normalized spacial score (nSPS) is 17.1. The molecule has 3 rings (SSSR count). The quantitative estimate of drug-likeness (QED) is 0.530. The Hall–Kier alpha value is -2.35. The Bertz CT molecular complexity index is 680. The summed E-state index contributed by atoms with van der Waals surface area (Å²) in [6, 6.07) is 6.26. The largest absolute Gasteiger partial charge is 0.305 e. The summed E-state index contributed by atoms with van der Waals surface area (Å²) in [7, 11) is 0. The fourth-order valence-electron chi connectivity index (χ4n) is 1.91. The number of nitro benzene ring substituents is 1. The van der Waals surface area contributed by atoms with Crippen molar-refractivity contribution in [3.8, 4) is 11.4 Å². The van der Waals surface area contributed by atoms with Gasteiger partial charge in [-0.3, -0.25) is 10.1 Å². The van der Waals surface area contributed by atoms with Gasteiger partial charge in [-0.2, -0.15) is 0 Å². The zero-order chi connectivity index (χ0) is 14.1. The summed E-state index contributed by atoms with van der Waals surface area (Å²) in [6.07, 6.45) is 4.00. The molecule has 0 aliphatic carbocycles. The zero-order valence-corrected chi connectivity index (χ0v) is 11.4. The Balaban J connectivity index is 1.91. The first-order chi connectivity index (χ1) is 9.69. The van der Waals surface area contributed by atoms with Crippen LogP contribution in [0.5, 0.6) is 0 Å². The van der Waals surface area contributed by atoms with E-state index in [1.54, 1.807) is 28.6 Å². The third-order valence-electron chi connectivity index (χ3n) is 2.83. The molecule has 7 nitrogen and oxygen atoms in total. The number of non-ortho nitro benzene ring substituents is 1. The summed E-state index contributed by atoms with van der Waals surface area (Å²) in [5.74, 6) is 0.648. The van der Waals surface area contributed by atoms with Gasteiger partial charge < -0.3 is 5.43 Å². The van der Waals surface area contributed by atoms with Crippen LogP contribution in [0.15, 0.2) is 41.6 Å². The molecule has 1 N–H and O–H groups in total. The Morgan fingerprint density at radius 1 is 1.40 bits per heavy atom. The van der Waals surface area contributed by atoms with E-state index in [0.29, 0.717) is 5.82 Å². The summed E-state index contributed by atoms with van der Waals surface area (Å²) >= 11 is 1.57. The molecule has 2 heterocycles. The van der Waals surface area contributed by atoms with E-state index in [2.05, 4.69) is 15.6 Å². The van der Waals surface area contributed by atoms with E-state index in [9.17, 15) is 10.1 Å². The molecule has 0 fully saturated rings. The zero-order valence-electron chi connectivity index (χ0n) is 10.6. The van der Waals surface area contributed by atoms with Crippen LogP contribution in [0.1, 0.15) is 6.92 Å². The van der Waals surface area contributed by atoms with Crippen LogP contribution in [0.25, 0.3) is 11.4 Å². The maximum absolute atomic E-state index is 10.6. The second-order valence-corrected chi connectivity index (χ2v) is 5.25. The van der Waals surface area contributed by atoms with Gasteiger partial charge in [0.2, 0.25) is 5.16 Å². The maximum Gasteiger partial charge on any atom is 0.269 e. The molecule has 1 aromatic heterocycles. The van der Waals surface area contributed by atoms with E-state index in [1.807, 2.05) is 19.1 Å². The number of hydrogen-bond donors (Lipinski definition) is 1. The smallest absolute Gasteiger partial charge is 0.269 e. The molecule has 0 radical (unpaired) electrons. The molecule has 1 aliphatic rings. The van der Waals surface area contributed by atoms with Gasteiger partial charge >= 0.3 is 0 Å². The van der Waals surface area contributed by atoms with Gasteiger partial charge in [-0.15, -0.1) is 10.2 Å². The first-order valence-corrected chi connectivity index (χ1v) is 6.83. The number of allylic oxidation sites excluding steroid dienone is 1. The predicted octanol–water partition coefficient (Wildman–Crippen LogP) is 2.40. The number of nitrogens with zero attached hydrogens (tertiary/aromatic N) is 4. The third kappa shape index (κ3) is 2.14. The minimum atomic E-state index is -0.422. The highest BCUT2D eigenvalue weighted by atomic mass is 32.2. The van der Waals surface area contributed by atoms with E-state index in [0.717, 1.165) is 10.7 Å². The van der Waals surface area contributed by atoms with Crippen LogP contribution in [-0.4, -0.2) is 25.2 Å². The number of benzene rings is 1. The van der Waals surface area contributed by atoms with Gasteiger partial charge in [0.05, 0.1) is 4.92 Å². The van der Waals surface area contributed by atoms with Gasteiger partial charge in [-0.25, -0.2) is 4.68 Å². The number of nitro groups is 1. The fourth-order valence-corrected chi connectivity index (χ4v) is 2.86. The molecule has 0 amide bonds. The van der Waals surface area contributed by atoms with Crippen LogP contribution < -0.4 is 5.43 Å². The molecular weight excluding hydrogens is 278 g/mol. The van der Waals surface area contributed by atoms with Gasteiger partial charge in [0, 0.05) is 17.7 Å². The lowest BCUT2D eigenvalue weighted by atomic mass is 10.2. The Kier molecular flexibility index (Phi) is 3.15. The molecule has 20 heavy (non-hydrogen) atoms. The summed E-state index contributed by atoms with van der Waals surface area (Å²) in [5, 5.41) is 19.8. The van der Waals surface area contributed by atoms with Crippen molar-refractivity contribution in [1.29, 1.82) is 0 Å². The molecule has 0 bridgehead atoms. The van der Waals surface area contributed by atoms with E-state index in [-0.39, 0.29) is 11.1 Å². The van der Waals surface area contributed by atoms with E-state index in [4.69, 9.17) is 0 Å². The standard InChI is InChI=1S/C12H11N5O2S/c1-2-3-10-15-16-11(13-14-12(16)20-10)8-4-6-9(7-5-8)17(18)19/h2-7,10,15H,1H3/b3-2+/t10-/m0/s1. The minimum absolute atomic E-state index is 0.0593. The monoisotopic (exact) mass is 289 g/mol. The number of hydrogen-bond acceptors (Lipinski definition) is 6. The second kappa shape index (κ2) is 4.97. The third-order valence-corrected chi connectivity index (χ3v) is 3.82. The van der Waals surface area contributed by atoms with Crippen molar-refractivity contribution >= 4 is 17.4 Å². The van der Waals surface area contributed by atoms with E-state index in [1.165, 1.54) is 12.1 Å². The van der Waals surface area contributed by atoms with Crippen LogP contribution in [0.4, 0.5) is 5.69 Å². The van der Waals surface area contributed by atoms with Gasteiger partial charge in [0.1, 0.15) is 5.37 Å². The molecule has 2 aromatic rings. The second-order valence-electron chi connectivity index (χ2n) is 4.14. The van der Waals surface area contributed by atoms with Gasteiger partial charge in [0.25, 0.3) is 5.69 Å². The van der Waals surface area contributed by atoms with Gasteiger partial charge in [0.15, 0.2) is 5.82 Å². The number of thioether (sulfide) groups is 1. The van der Waals surface area contributed by atoms with Crippen LogP contribution >= 0.6 is 11.8 Å². The lowest BCUT2D eigenvalue weighted by Crippen LogP contribution is -2.17. The molecule has 1 aliphatic heterocycles. The fraction of sp³-hybridized carbons (Fsp3) is 0.167. The average molecular weight is 289 g/mol. The Morgan fingerprint density at radius 2 is 2.15 bits per heavy atom. The van der Waals surface area contributed by atoms with Crippen LogP contribution in [0, 0.1) is 10.1 Å². The highest BCUT2D eigenvalue weighted by molar-refractivity contribution is 8.00. The number of rotatable bonds is 3. The van der Waals surface area contributed by atoms with Crippen molar-refractivity contribution in [1.82, 2.24) is 14.9 Å². The summed E-state index contributed by atoms with van der Waals surface area (Å²) in [5.41, 5.74) is 4.09. The molecule has 0 unspecified atom stereocenters. The number of aromatic nitrogens is 3. The summed E-state index contributed by atoms with van der Waals surface area (Å²) in [4.78, 5) is 10.2. The predicted molar refractivity (Wildman–Crippen MR) is 75.9 cm³/mol. The first kappa shape index (κ1) is 12.7. The SMILES string of the molecule is C/C=C/[C@H]1Nn2c(nnc2-c2ccc([N+](=O)[O-])cc2)S1. The average Bonchev–Trinajstić information content (AvgIpc) is 2.99. The molecule has 1 aromatic carbocycles.